The highest BCUT2D eigenvalue weighted by atomic mass is 127. The van der Waals surface area contributed by atoms with E-state index in [1.165, 1.54) is 44.9 Å². The Morgan fingerprint density at radius 2 is 1.85 bits per heavy atom. The van der Waals surface area contributed by atoms with Gasteiger partial charge in [0.1, 0.15) is 0 Å². The van der Waals surface area contributed by atoms with E-state index in [2.05, 4.69) is 72.9 Å². The fraction of sp³-hybridized carbons (Fsp3) is 0.520. The summed E-state index contributed by atoms with van der Waals surface area (Å²) >= 11 is 2.69. The number of allylic oxidation sites excluding steroid dienone is 12. The van der Waals surface area contributed by atoms with Crippen LogP contribution in [-0.2, 0) is 0 Å². The van der Waals surface area contributed by atoms with E-state index in [0.29, 0.717) is 11.8 Å². The largest absolute Gasteiger partial charge is 0.0876 e. The van der Waals surface area contributed by atoms with Crippen LogP contribution in [0.5, 0.6) is 0 Å². The third-order valence-electron chi connectivity index (χ3n) is 7.51. The maximum Gasteiger partial charge on any atom is 0.0213 e. The number of hydrogen-bond acceptors (Lipinski definition) is 0. The fourth-order valence-electron chi connectivity index (χ4n) is 6.08. The summed E-state index contributed by atoms with van der Waals surface area (Å²) in [4.78, 5) is 0. The summed E-state index contributed by atoms with van der Waals surface area (Å²) in [6.07, 6.45) is 23.6. The van der Waals surface area contributed by atoms with Crippen LogP contribution in [0.1, 0.15) is 58.8 Å². The SMILES string of the molecule is CC1(C)C2=C(CCC=C2)C2=CC=C(C3=C4CCC=C[C@H]4C(I)CC3)CC21. The van der Waals surface area contributed by atoms with Crippen molar-refractivity contribution < 1.29 is 0 Å². The van der Waals surface area contributed by atoms with Gasteiger partial charge in [-0.25, -0.2) is 0 Å². The summed E-state index contributed by atoms with van der Waals surface area (Å²) in [5.74, 6) is 1.38. The molecular weight excluding hydrogens is 427 g/mol. The first-order valence-corrected chi connectivity index (χ1v) is 11.7. The van der Waals surface area contributed by atoms with Gasteiger partial charge in [0.25, 0.3) is 0 Å². The first-order valence-electron chi connectivity index (χ1n) is 10.4. The summed E-state index contributed by atoms with van der Waals surface area (Å²) in [6.45, 7) is 4.97. The molecule has 0 aliphatic heterocycles. The number of rotatable bonds is 1. The molecule has 0 bridgehead atoms. The Hall–Kier alpha value is -0.830. The monoisotopic (exact) mass is 456 g/mol. The van der Waals surface area contributed by atoms with Gasteiger partial charge in [-0.1, -0.05) is 78.5 Å². The van der Waals surface area contributed by atoms with Gasteiger partial charge in [-0.15, -0.1) is 0 Å². The van der Waals surface area contributed by atoms with E-state index in [4.69, 9.17) is 0 Å². The summed E-state index contributed by atoms with van der Waals surface area (Å²) in [7, 11) is 0. The van der Waals surface area contributed by atoms with E-state index < -0.39 is 0 Å². The second-order valence-corrected chi connectivity index (χ2v) is 10.8. The summed E-state index contributed by atoms with van der Waals surface area (Å²) in [5.41, 5.74) is 10.4. The van der Waals surface area contributed by atoms with Crippen molar-refractivity contribution in [3.05, 3.63) is 69.9 Å². The van der Waals surface area contributed by atoms with Crippen molar-refractivity contribution in [2.45, 2.75) is 62.7 Å². The van der Waals surface area contributed by atoms with Crippen LogP contribution in [0.15, 0.2) is 69.9 Å². The molecule has 1 heteroatoms. The van der Waals surface area contributed by atoms with Crippen molar-refractivity contribution >= 4 is 22.6 Å². The number of alkyl halides is 1. The Morgan fingerprint density at radius 3 is 2.73 bits per heavy atom. The third kappa shape index (κ3) is 2.52. The molecule has 0 saturated heterocycles. The van der Waals surface area contributed by atoms with Gasteiger partial charge in [0.05, 0.1) is 0 Å². The Bertz CT molecular complexity index is 824. The predicted molar refractivity (Wildman–Crippen MR) is 119 cm³/mol. The summed E-state index contributed by atoms with van der Waals surface area (Å²) in [5, 5.41) is 0. The van der Waals surface area contributed by atoms with Crippen LogP contribution in [0, 0.1) is 17.3 Å². The van der Waals surface area contributed by atoms with E-state index in [9.17, 15) is 0 Å². The van der Waals surface area contributed by atoms with Crippen molar-refractivity contribution in [3.8, 4) is 0 Å². The van der Waals surface area contributed by atoms with E-state index in [-0.39, 0.29) is 5.41 Å². The second-order valence-electron chi connectivity index (χ2n) is 9.18. The van der Waals surface area contributed by atoms with Gasteiger partial charge in [-0.05, 0) is 84.1 Å². The summed E-state index contributed by atoms with van der Waals surface area (Å²) < 4.78 is 0.792. The lowest BCUT2D eigenvalue weighted by atomic mass is 9.68. The maximum absolute atomic E-state index is 2.69. The van der Waals surface area contributed by atoms with Crippen LogP contribution >= 0.6 is 22.6 Å². The van der Waals surface area contributed by atoms with Crippen LogP contribution in [0.3, 0.4) is 0 Å². The molecule has 0 spiro atoms. The number of halogens is 1. The van der Waals surface area contributed by atoms with Gasteiger partial charge in [0.2, 0.25) is 0 Å². The van der Waals surface area contributed by atoms with E-state index in [1.807, 2.05) is 0 Å². The van der Waals surface area contributed by atoms with Gasteiger partial charge >= 0.3 is 0 Å². The molecule has 0 radical (unpaired) electrons. The molecule has 5 rings (SSSR count). The highest BCUT2D eigenvalue weighted by molar-refractivity contribution is 14.1. The van der Waals surface area contributed by atoms with E-state index in [0.717, 1.165) is 3.92 Å². The maximum atomic E-state index is 2.69. The van der Waals surface area contributed by atoms with Crippen LogP contribution < -0.4 is 0 Å². The van der Waals surface area contributed by atoms with Gasteiger partial charge in [0, 0.05) is 9.84 Å². The van der Waals surface area contributed by atoms with Crippen LogP contribution in [-0.4, -0.2) is 3.92 Å². The van der Waals surface area contributed by atoms with Crippen LogP contribution in [0.25, 0.3) is 0 Å². The molecular formula is C25H29I. The Balaban J connectivity index is 1.55. The third-order valence-corrected chi connectivity index (χ3v) is 8.91. The second kappa shape index (κ2) is 6.36. The van der Waals surface area contributed by atoms with Crippen molar-refractivity contribution in [2.24, 2.45) is 17.3 Å². The molecule has 26 heavy (non-hydrogen) atoms. The summed E-state index contributed by atoms with van der Waals surface area (Å²) in [6, 6.07) is 0. The minimum atomic E-state index is 0.287. The topological polar surface area (TPSA) is 0 Å². The fourth-order valence-corrected chi connectivity index (χ4v) is 7.07. The normalized spacial score (nSPS) is 35.0. The number of fused-ring (bicyclic) bond motifs is 3. The Kier molecular flexibility index (Phi) is 4.23. The molecule has 0 amide bonds. The highest BCUT2D eigenvalue weighted by Gasteiger charge is 2.45. The van der Waals surface area contributed by atoms with Crippen LogP contribution in [0.2, 0.25) is 0 Å². The van der Waals surface area contributed by atoms with E-state index in [1.54, 1.807) is 33.4 Å². The average molecular weight is 456 g/mol. The molecule has 5 aliphatic carbocycles. The molecule has 5 aliphatic rings. The van der Waals surface area contributed by atoms with Crippen molar-refractivity contribution in [1.29, 1.82) is 0 Å². The minimum Gasteiger partial charge on any atom is -0.0876 e. The van der Waals surface area contributed by atoms with E-state index >= 15 is 0 Å². The standard InChI is InChI=1S/C25H29I/c1-25(2)22-10-6-5-8-19(22)20-12-11-16(15-23(20)25)17-13-14-24(26)21-9-4-3-7-18(17)21/h4,6,9-12,21,23-24H,3,5,7-8,13-15H2,1-2H3/t21-,23?,24?/m1/s1. The first kappa shape index (κ1) is 17.3. The minimum absolute atomic E-state index is 0.287. The molecule has 0 N–H and O–H groups in total. The number of hydrogen-bond donors (Lipinski definition) is 0. The Labute approximate surface area is 172 Å². The highest BCUT2D eigenvalue weighted by Crippen LogP contribution is 2.57. The molecule has 2 unspecified atom stereocenters. The molecule has 0 aromatic carbocycles. The lowest BCUT2D eigenvalue weighted by Crippen LogP contribution is -2.27. The average Bonchev–Trinajstić information content (AvgIpc) is 2.90. The predicted octanol–water partition coefficient (Wildman–Crippen LogP) is 7.41. The quantitative estimate of drug-likeness (QED) is 0.219. The van der Waals surface area contributed by atoms with Gasteiger partial charge in [-0.3, -0.25) is 0 Å². The molecule has 0 fully saturated rings. The van der Waals surface area contributed by atoms with Gasteiger partial charge < -0.3 is 0 Å². The molecule has 0 saturated carbocycles. The molecule has 3 atom stereocenters. The molecule has 136 valence electrons. The molecule has 0 aromatic heterocycles. The van der Waals surface area contributed by atoms with Gasteiger partial charge in [0.15, 0.2) is 0 Å². The zero-order valence-electron chi connectivity index (χ0n) is 16.0. The van der Waals surface area contributed by atoms with Gasteiger partial charge in [-0.2, -0.15) is 0 Å². The molecule has 0 aromatic rings. The lowest BCUT2D eigenvalue weighted by Gasteiger charge is -2.37. The van der Waals surface area contributed by atoms with Crippen molar-refractivity contribution in [3.63, 3.8) is 0 Å². The lowest BCUT2D eigenvalue weighted by molar-refractivity contribution is 0.331. The zero-order chi connectivity index (χ0) is 17.9. The van der Waals surface area contributed by atoms with Crippen molar-refractivity contribution in [2.75, 3.05) is 0 Å². The smallest absolute Gasteiger partial charge is 0.0213 e. The molecule has 0 nitrogen and oxygen atoms in total. The van der Waals surface area contributed by atoms with Crippen LogP contribution in [0.4, 0.5) is 0 Å². The van der Waals surface area contributed by atoms with Crippen molar-refractivity contribution in [1.82, 2.24) is 0 Å². The molecule has 0 heterocycles. The Morgan fingerprint density at radius 1 is 1.00 bits per heavy atom. The first-order chi connectivity index (χ1) is 12.6. The zero-order valence-corrected chi connectivity index (χ0v) is 18.2.